The first-order valence-electron chi connectivity index (χ1n) is 16.7. The van der Waals surface area contributed by atoms with Crippen LogP contribution in [0, 0.1) is 17.6 Å². The van der Waals surface area contributed by atoms with Crippen molar-refractivity contribution in [1.82, 2.24) is 40.1 Å². The fraction of sp³-hybridized carbons (Fsp3) is 0.324. The Bertz CT molecular complexity index is 2660. The van der Waals surface area contributed by atoms with Gasteiger partial charge in [-0.25, -0.2) is 39.7 Å². The van der Waals surface area contributed by atoms with Gasteiger partial charge >= 0.3 is 0 Å². The van der Waals surface area contributed by atoms with Crippen molar-refractivity contribution in [2.24, 2.45) is 5.92 Å². The molecule has 0 bridgehead atoms. The van der Waals surface area contributed by atoms with Crippen LogP contribution in [0.3, 0.4) is 0 Å². The third-order valence-corrected chi connectivity index (χ3v) is 10.5. The lowest BCUT2D eigenvalue weighted by atomic mass is 9.93. The SMILES string of the molecule is CS(=O)(=O)Nc1nn(CC(F)F)c2c(-c3cc4[nH]ncc4nc3C(Cc3cc(F)cc(F)c3)NC(=O)Cn3nc(C(F)F)c4c3C(F)(F)[C@@H]3C[C@H]43)ccc(Cl)c12. The van der Waals surface area contributed by atoms with Gasteiger partial charge in [-0.05, 0) is 48.6 Å². The van der Waals surface area contributed by atoms with Gasteiger partial charge in [0.1, 0.15) is 41.6 Å². The molecule has 0 spiro atoms. The van der Waals surface area contributed by atoms with Gasteiger partial charge in [-0.3, -0.25) is 24.0 Å². The van der Waals surface area contributed by atoms with E-state index in [0.29, 0.717) is 10.7 Å². The topological polar surface area (TPSA) is 152 Å². The number of nitrogens with zero attached hydrogens (tertiary/aromatic N) is 6. The van der Waals surface area contributed by atoms with Crippen molar-refractivity contribution in [3.63, 3.8) is 0 Å². The largest absolute Gasteiger partial charge is 0.346 e. The van der Waals surface area contributed by atoms with E-state index in [-0.39, 0.29) is 67.1 Å². The number of aromatic nitrogens is 7. The molecule has 1 amide bonds. The highest BCUT2D eigenvalue weighted by Gasteiger charge is 2.67. The zero-order valence-corrected chi connectivity index (χ0v) is 30.0. The van der Waals surface area contributed by atoms with Crippen LogP contribution in [0.15, 0.2) is 42.6 Å². The lowest BCUT2D eigenvalue weighted by Gasteiger charge is -2.23. The number of alkyl halides is 6. The van der Waals surface area contributed by atoms with Gasteiger partial charge < -0.3 is 5.32 Å². The summed E-state index contributed by atoms with van der Waals surface area (Å²) < 4.78 is 144. The molecule has 2 aliphatic carbocycles. The van der Waals surface area contributed by atoms with Crippen molar-refractivity contribution < 1.29 is 48.3 Å². The summed E-state index contributed by atoms with van der Waals surface area (Å²) >= 11 is 6.51. The number of rotatable bonds is 12. The van der Waals surface area contributed by atoms with Crippen LogP contribution in [-0.4, -0.2) is 61.7 Å². The Morgan fingerprint density at radius 3 is 2.45 bits per heavy atom. The van der Waals surface area contributed by atoms with E-state index in [9.17, 15) is 39.6 Å². The molecule has 22 heteroatoms. The van der Waals surface area contributed by atoms with E-state index in [2.05, 4.69) is 35.4 Å². The van der Waals surface area contributed by atoms with Crippen molar-refractivity contribution >= 4 is 55.3 Å². The number of H-pyrrole nitrogens is 1. The summed E-state index contributed by atoms with van der Waals surface area (Å²) in [5.41, 5.74) is -1.46. The van der Waals surface area contributed by atoms with Crippen molar-refractivity contribution in [2.75, 3.05) is 11.0 Å². The van der Waals surface area contributed by atoms with Gasteiger partial charge in [-0.15, -0.1) is 0 Å². The fourth-order valence-corrected chi connectivity index (χ4v) is 8.25. The average molecular weight is 828 g/mol. The summed E-state index contributed by atoms with van der Waals surface area (Å²) in [7, 11) is -4.02. The Morgan fingerprint density at radius 1 is 1.04 bits per heavy atom. The molecule has 1 fully saturated rings. The molecule has 56 heavy (non-hydrogen) atoms. The molecule has 3 atom stereocenters. The van der Waals surface area contributed by atoms with E-state index in [1.807, 2.05) is 0 Å². The highest BCUT2D eigenvalue weighted by molar-refractivity contribution is 7.92. The summed E-state index contributed by atoms with van der Waals surface area (Å²) in [5.74, 6) is -8.92. The number of benzene rings is 2. The maximum Gasteiger partial charge on any atom is 0.293 e. The average Bonchev–Trinajstić information content (AvgIpc) is 3.31. The van der Waals surface area contributed by atoms with Gasteiger partial charge in [0.15, 0.2) is 5.82 Å². The lowest BCUT2D eigenvalue weighted by molar-refractivity contribution is -0.123. The predicted molar refractivity (Wildman–Crippen MR) is 185 cm³/mol. The normalized spacial score (nSPS) is 17.9. The molecule has 0 saturated heterocycles. The Balaban J connectivity index is 1.29. The molecule has 0 aliphatic heterocycles. The molecule has 4 heterocycles. The van der Waals surface area contributed by atoms with Crippen LogP contribution in [-0.2, 0) is 40.3 Å². The summed E-state index contributed by atoms with van der Waals surface area (Å²) in [6.45, 7) is -2.00. The number of carbonyl (C=O) groups excluding carboxylic acids is 1. The van der Waals surface area contributed by atoms with Crippen molar-refractivity contribution in [3.05, 3.63) is 87.5 Å². The minimum absolute atomic E-state index is 0.00515. The van der Waals surface area contributed by atoms with E-state index in [1.54, 1.807) is 0 Å². The molecule has 4 aromatic heterocycles. The highest BCUT2D eigenvalue weighted by atomic mass is 35.5. The molecule has 12 nitrogen and oxygen atoms in total. The summed E-state index contributed by atoms with van der Waals surface area (Å²) in [5, 5.41) is 16.9. The highest BCUT2D eigenvalue weighted by Crippen LogP contribution is 2.68. The van der Waals surface area contributed by atoms with Gasteiger partial charge in [0.2, 0.25) is 15.9 Å². The Morgan fingerprint density at radius 2 is 1.77 bits per heavy atom. The first kappa shape index (κ1) is 37.6. The molecular formula is C34H26ClF8N9O3S. The number of pyridine rings is 1. The quantitative estimate of drug-likeness (QED) is 0.113. The fourth-order valence-electron chi connectivity index (χ4n) is 7.52. The van der Waals surface area contributed by atoms with Crippen LogP contribution in [0.1, 0.15) is 53.0 Å². The molecule has 0 radical (unpaired) electrons. The molecular weight excluding hydrogens is 802 g/mol. The van der Waals surface area contributed by atoms with Crippen LogP contribution < -0.4 is 10.0 Å². The second-order valence-electron chi connectivity index (χ2n) is 13.6. The van der Waals surface area contributed by atoms with Crippen molar-refractivity contribution in [1.29, 1.82) is 0 Å². The number of sulfonamides is 1. The van der Waals surface area contributed by atoms with E-state index >= 15 is 8.78 Å². The second-order valence-corrected chi connectivity index (χ2v) is 15.8. The number of amides is 1. The van der Waals surface area contributed by atoms with Gasteiger partial charge in [-0.1, -0.05) is 17.7 Å². The number of aromatic amines is 1. The van der Waals surface area contributed by atoms with E-state index in [0.717, 1.165) is 23.1 Å². The van der Waals surface area contributed by atoms with Gasteiger partial charge in [0.25, 0.3) is 18.8 Å². The van der Waals surface area contributed by atoms with E-state index < -0.39 is 95.1 Å². The summed E-state index contributed by atoms with van der Waals surface area (Å²) in [6, 6.07) is 5.37. The molecule has 294 valence electrons. The molecule has 1 saturated carbocycles. The standard InChI is InChI=1S/C34H26ClF8N9O3S/c1-56(54,55)50-33-27-20(35)3-2-16(30(27)51(49-33)11-24(38)39)17-9-21-23(10-44-47-21)46-28(17)22(6-13-4-14(36)7-15(37)5-13)45-25(53)12-52-31-26(29(48-52)32(40)41)18-8-19(18)34(31,42)43/h2-5,7,9-10,18-19,22,24,32H,6,8,11-12H2,1H3,(H,44,47)(H,45,53)(H,49,50)/t18-,19+,22?/m0/s1. The summed E-state index contributed by atoms with van der Waals surface area (Å²) in [6.07, 6.45) is -4.48. The maximum atomic E-state index is 15.3. The Kier molecular flexibility index (Phi) is 9.01. The number of nitrogens with one attached hydrogen (secondary N) is 3. The summed E-state index contributed by atoms with van der Waals surface area (Å²) in [4.78, 5) is 18.5. The van der Waals surface area contributed by atoms with Crippen LogP contribution in [0.25, 0.3) is 33.1 Å². The number of hydrogen-bond acceptors (Lipinski definition) is 7. The molecule has 1 unspecified atom stereocenters. The van der Waals surface area contributed by atoms with Crippen molar-refractivity contribution in [2.45, 2.75) is 56.7 Å². The maximum absolute atomic E-state index is 15.3. The molecule has 6 aromatic rings. The second kappa shape index (κ2) is 13.4. The molecule has 3 N–H and O–H groups in total. The van der Waals surface area contributed by atoms with E-state index in [1.165, 1.54) is 24.4 Å². The van der Waals surface area contributed by atoms with E-state index in [4.69, 9.17) is 11.6 Å². The first-order valence-corrected chi connectivity index (χ1v) is 19.0. The molecule has 8 rings (SSSR count). The molecule has 2 aromatic carbocycles. The van der Waals surface area contributed by atoms with Crippen LogP contribution in [0.4, 0.5) is 40.9 Å². The minimum Gasteiger partial charge on any atom is -0.346 e. The third kappa shape index (κ3) is 6.69. The van der Waals surface area contributed by atoms with Crippen molar-refractivity contribution in [3.8, 4) is 11.1 Å². The first-order chi connectivity index (χ1) is 26.4. The van der Waals surface area contributed by atoms with Gasteiger partial charge in [0.05, 0.1) is 45.6 Å². The monoisotopic (exact) mass is 827 g/mol. The number of halogens is 9. The molecule has 2 aliphatic rings. The Hall–Kier alpha value is -5.31. The number of hydrogen-bond donors (Lipinski definition) is 3. The Labute approximate surface area is 315 Å². The van der Waals surface area contributed by atoms with Gasteiger partial charge in [-0.2, -0.15) is 24.1 Å². The smallest absolute Gasteiger partial charge is 0.293 e. The third-order valence-electron chi connectivity index (χ3n) is 9.67. The zero-order chi connectivity index (χ0) is 40.0. The minimum atomic E-state index is -4.02. The predicted octanol–water partition coefficient (Wildman–Crippen LogP) is 6.99. The lowest BCUT2D eigenvalue weighted by Crippen LogP contribution is -2.35. The zero-order valence-electron chi connectivity index (χ0n) is 28.5. The van der Waals surface area contributed by atoms with Crippen LogP contribution in [0.2, 0.25) is 5.02 Å². The van der Waals surface area contributed by atoms with Crippen LogP contribution in [0.5, 0.6) is 0 Å². The number of fused-ring (bicyclic) bond motifs is 5. The van der Waals surface area contributed by atoms with Gasteiger partial charge in [0, 0.05) is 28.7 Å². The van der Waals surface area contributed by atoms with Crippen LogP contribution >= 0.6 is 11.6 Å². The number of anilines is 1. The number of carbonyl (C=O) groups is 1.